The summed E-state index contributed by atoms with van der Waals surface area (Å²) in [5, 5.41) is 5.51. The molecule has 4 heteroatoms. The van der Waals surface area contributed by atoms with Gasteiger partial charge in [0.15, 0.2) is 0 Å². The highest BCUT2D eigenvalue weighted by atomic mass is 32.1. The van der Waals surface area contributed by atoms with Gasteiger partial charge < -0.3 is 10.2 Å². The molecule has 19 heavy (non-hydrogen) atoms. The lowest BCUT2D eigenvalue weighted by atomic mass is 10.2. The van der Waals surface area contributed by atoms with Crippen LogP contribution < -0.4 is 10.2 Å². The van der Waals surface area contributed by atoms with Gasteiger partial charge in [-0.15, -0.1) is 11.3 Å². The second kappa shape index (κ2) is 7.26. The van der Waals surface area contributed by atoms with Crippen molar-refractivity contribution in [3.05, 3.63) is 46.4 Å². The third-order valence-electron chi connectivity index (χ3n) is 3.02. The van der Waals surface area contributed by atoms with Crippen molar-refractivity contribution in [2.45, 2.75) is 26.4 Å². The van der Waals surface area contributed by atoms with Crippen LogP contribution in [0, 0.1) is 0 Å². The molecule has 0 spiro atoms. The highest BCUT2D eigenvalue weighted by molar-refractivity contribution is 7.07. The summed E-state index contributed by atoms with van der Waals surface area (Å²) in [5.41, 5.74) is 5.57. The van der Waals surface area contributed by atoms with Gasteiger partial charge in [-0.2, -0.15) is 0 Å². The molecule has 0 radical (unpaired) electrons. The van der Waals surface area contributed by atoms with Gasteiger partial charge in [0.05, 0.1) is 17.7 Å². The molecule has 1 N–H and O–H groups in total. The van der Waals surface area contributed by atoms with E-state index in [1.54, 1.807) is 11.3 Å². The van der Waals surface area contributed by atoms with Gasteiger partial charge in [0.25, 0.3) is 0 Å². The number of thiazole rings is 1. The van der Waals surface area contributed by atoms with E-state index >= 15 is 0 Å². The minimum absolute atomic E-state index is 0.858. The number of rotatable bonds is 7. The van der Waals surface area contributed by atoms with E-state index in [9.17, 15) is 0 Å². The maximum absolute atomic E-state index is 4.32. The Hall–Kier alpha value is -1.39. The van der Waals surface area contributed by atoms with E-state index in [2.05, 4.69) is 58.8 Å². The van der Waals surface area contributed by atoms with Gasteiger partial charge in [-0.1, -0.05) is 19.1 Å². The molecule has 1 aromatic carbocycles. The highest BCUT2D eigenvalue weighted by Crippen LogP contribution is 2.16. The third-order valence-corrected chi connectivity index (χ3v) is 3.65. The normalized spacial score (nSPS) is 10.6. The van der Waals surface area contributed by atoms with Crippen molar-refractivity contribution in [1.82, 2.24) is 10.3 Å². The van der Waals surface area contributed by atoms with Crippen molar-refractivity contribution >= 4 is 17.0 Å². The van der Waals surface area contributed by atoms with Crippen LogP contribution in [0.1, 0.15) is 24.6 Å². The summed E-state index contributed by atoms with van der Waals surface area (Å²) in [6, 6.07) is 8.73. The summed E-state index contributed by atoms with van der Waals surface area (Å²) in [4.78, 5) is 6.54. The largest absolute Gasteiger partial charge is 0.369 e. The Bertz CT molecular complexity index is 465. The summed E-state index contributed by atoms with van der Waals surface area (Å²) in [7, 11) is 2.10. The van der Waals surface area contributed by atoms with Crippen LogP contribution >= 0.6 is 11.3 Å². The van der Waals surface area contributed by atoms with Crippen LogP contribution in [-0.2, 0) is 13.1 Å². The molecule has 2 rings (SSSR count). The molecule has 102 valence electrons. The average molecular weight is 275 g/mol. The van der Waals surface area contributed by atoms with Gasteiger partial charge in [-0.05, 0) is 30.7 Å². The van der Waals surface area contributed by atoms with Gasteiger partial charge in [0, 0.05) is 24.7 Å². The Balaban J connectivity index is 1.90. The quantitative estimate of drug-likeness (QED) is 0.786. The molecule has 0 saturated heterocycles. The molecule has 0 amide bonds. The zero-order valence-electron chi connectivity index (χ0n) is 11.6. The van der Waals surface area contributed by atoms with Gasteiger partial charge in [-0.3, -0.25) is 0 Å². The molecule has 0 aliphatic rings. The van der Waals surface area contributed by atoms with Gasteiger partial charge >= 0.3 is 0 Å². The summed E-state index contributed by atoms with van der Waals surface area (Å²) in [6.07, 6.45) is 1.18. The molecule has 1 heterocycles. The summed E-state index contributed by atoms with van der Waals surface area (Å²) < 4.78 is 0. The van der Waals surface area contributed by atoms with Crippen molar-refractivity contribution < 1.29 is 0 Å². The average Bonchev–Trinajstić information content (AvgIpc) is 2.93. The molecule has 0 bridgehead atoms. The first-order chi connectivity index (χ1) is 9.29. The Kier molecular flexibility index (Phi) is 5.36. The first-order valence-corrected chi connectivity index (χ1v) is 7.61. The lowest BCUT2D eigenvalue weighted by Crippen LogP contribution is -2.17. The molecule has 1 aromatic heterocycles. The lowest BCUT2D eigenvalue weighted by Gasteiger charge is -2.18. The maximum atomic E-state index is 4.32. The maximum Gasteiger partial charge on any atom is 0.0795 e. The van der Waals surface area contributed by atoms with Crippen LogP contribution in [0.3, 0.4) is 0 Å². The van der Waals surface area contributed by atoms with E-state index in [1.807, 2.05) is 5.51 Å². The fraction of sp³-hybridized carbons (Fsp3) is 0.400. The van der Waals surface area contributed by atoms with Crippen molar-refractivity contribution in [3.8, 4) is 0 Å². The smallest absolute Gasteiger partial charge is 0.0795 e. The molecule has 0 aliphatic carbocycles. The molecular weight excluding hydrogens is 254 g/mol. The van der Waals surface area contributed by atoms with E-state index in [4.69, 9.17) is 0 Å². The Labute approximate surface area is 119 Å². The van der Waals surface area contributed by atoms with E-state index < -0.39 is 0 Å². The van der Waals surface area contributed by atoms with Gasteiger partial charge in [0.2, 0.25) is 0 Å². The fourth-order valence-electron chi connectivity index (χ4n) is 1.93. The Morgan fingerprint density at radius 2 is 2.05 bits per heavy atom. The molecule has 3 nitrogen and oxygen atoms in total. The molecular formula is C15H21N3S. The minimum atomic E-state index is 0.858. The summed E-state index contributed by atoms with van der Waals surface area (Å²) >= 11 is 1.64. The summed E-state index contributed by atoms with van der Waals surface area (Å²) in [6.45, 7) is 5.07. The van der Waals surface area contributed by atoms with Crippen LogP contribution in [0.15, 0.2) is 35.2 Å². The SMILES string of the molecule is CCCNCc1ccc(N(C)Cc2cscn2)cc1. The van der Waals surface area contributed by atoms with Crippen LogP contribution in [0.4, 0.5) is 5.69 Å². The second-order valence-electron chi connectivity index (χ2n) is 4.68. The van der Waals surface area contributed by atoms with Crippen molar-refractivity contribution in [2.75, 3.05) is 18.5 Å². The number of anilines is 1. The number of benzene rings is 1. The summed E-state index contributed by atoms with van der Waals surface area (Å²) in [5.74, 6) is 0. The van der Waals surface area contributed by atoms with E-state index in [-0.39, 0.29) is 0 Å². The number of hydrogen-bond donors (Lipinski definition) is 1. The highest BCUT2D eigenvalue weighted by Gasteiger charge is 2.03. The molecule has 0 atom stereocenters. The van der Waals surface area contributed by atoms with Crippen molar-refractivity contribution in [2.24, 2.45) is 0 Å². The number of nitrogens with one attached hydrogen (secondary N) is 1. The van der Waals surface area contributed by atoms with E-state index in [0.29, 0.717) is 0 Å². The van der Waals surface area contributed by atoms with Crippen molar-refractivity contribution in [1.29, 1.82) is 0 Å². The van der Waals surface area contributed by atoms with Gasteiger partial charge in [-0.25, -0.2) is 4.98 Å². The third kappa shape index (κ3) is 4.33. The lowest BCUT2D eigenvalue weighted by molar-refractivity contribution is 0.675. The number of aromatic nitrogens is 1. The zero-order chi connectivity index (χ0) is 13.5. The molecule has 0 saturated carbocycles. The Morgan fingerprint density at radius 3 is 2.68 bits per heavy atom. The molecule has 0 unspecified atom stereocenters. The second-order valence-corrected chi connectivity index (χ2v) is 5.40. The van der Waals surface area contributed by atoms with Gasteiger partial charge in [0.1, 0.15) is 0 Å². The molecule has 2 aromatic rings. The van der Waals surface area contributed by atoms with Crippen LogP contribution in [-0.4, -0.2) is 18.6 Å². The van der Waals surface area contributed by atoms with E-state index in [1.165, 1.54) is 17.7 Å². The first kappa shape index (κ1) is 14.0. The molecule has 0 fully saturated rings. The van der Waals surface area contributed by atoms with Crippen molar-refractivity contribution in [3.63, 3.8) is 0 Å². The molecule has 0 aliphatic heterocycles. The topological polar surface area (TPSA) is 28.2 Å². The predicted molar refractivity (Wildman–Crippen MR) is 82.7 cm³/mol. The van der Waals surface area contributed by atoms with Crippen LogP contribution in [0.25, 0.3) is 0 Å². The van der Waals surface area contributed by atoms with Crippen LogP contribution in [0.5, 0.6) is 0 Å². The monoisotopic (exact) mass is 275 g/mol. The van der Waals surface area contributed by atoms with E-state index in [0.717, 1.165) is 25.3 Å². The van der Waals surface area contributed by atoms with Crippen LogP contribution in [0.2, 0.25) is 0 Å². The standard InChI is InChI=1S/C15H21N3S/c1-3-8-16-9-13-4-6-15(7-5-13)18(2)10-14-11-19-12-17-14/h4-7,11-12,16H,3,8-10H2,1-2H3. The minimum Gasteiger partial charge on any atom is -0.369 e. The predicted octanol–water partition coefficient (Wildman–Crippen LogP) is 3.28. The Morgan fingerprint density at radius 1 is 1.26 bits per heavy atom. The fourth-order valence-corrected chi connectivity index (χ4v) is 2.48. The number of hydrogen-bond acceptors (Lipinski definition) is 4. The number of nitrogens with zero attached hydrogens (tertiary/aromatic N) is 2. The first-order valence-electron chi connectivity index (χ1n) is 6.67. The zero-order valence-corrected chi connectivity index (χ0v) is 12.4.